The Kier molecular flexibility index (Phi) is 3.78. The molecular formula is C13H18FNO. The second-order valence-corrected chi connectivity index (χ2v) is 4.14. The highest BCUT2D eigenvalue weighted by Gasteiger charge is 2.14. The summed E-state index contributed by atoms with van der Waals surface area (Å²) in [5.41, 5.74) is 1.79. The number of hydrogen-bond donors (Lipinski definition) is 0. The van der Waals surface area contributed by atoms with E-state index in [1.165, 1.54) is 0 Å². The number of hydrogen-bond acceptors (Lipinski definition) is 2. The number of ether oxygens (including phenoxy) is 1. The van der Waals surface area contributed by atoms with Crippen molar-refractivity contribution in [2.24, 2.45) is 0 Å². The molecule has 0 atom stereocenters. The number of morpholine rings is 1. The summed E-state index contributed by atoms with van der Waals surface area (Å²) < 4.78 is 19.1. The van der Waals surface area contributed by atoms with Gasteiger partial charge in [-0.05, 0) is 24.1 Å². The first-order valence-electron chi connectivity index (χ1n) is 5.92. The van der Waals surface area contributed by atoms with Crippen LogP contribution in [0.3, 0.4) is 0 Å². The quantitative estimate of drug-likeness (QED) is 0.781. The minimum atomic E-state index is -0.104. The predicted molar refractivity (Wildman–Crippen MR) is 63.4 cm³/mol. The average Bonchev–Trinajstić information content (AvgIpc) is 2.31. The highest BCUT2D eigenvalue weighted by Crippen LogP contribution is 2.22. The van der Waals surface area contributed by atoms with Crippen LogP contribution in [0.4, 0.5) is 10.1 Å². The van der Waals surface area contributed by atoms with E-state index in [1.807, 2.05) is 12.1 Å². The van der Waals surface area contributed by atoms with Crippen molar-refractivity contribution in [1.82, 2.24) is 0 Å². The first-order valence-corrected chi connectivity index (χ1v) is 5.92. The maximum absolute atomic E-state index is 13.9. The molecule has 3 heteroatoms. The molecule has 0 amide bonds. The summed E-state index contributed by atoms with van der Waals surface area (Å²) in [7, 11) is 0. The molecule has 1 aromatic rings. The molecule has 0 saturated carbocycles. The van der Waals surface area contributed by atoms with Crippen molar-refractivity contribution in [3.05, 3.63) is 29.6 Å². The lowest BCUT2D eigenvalue weighted by molar-refractivity contribution is 0.122. The van der Waals surface area contributed by atoms with Gasteiger partial charge in [0, 0.05) is 13.1 Å². The molecule has 16 heavy (non-hydrogen) atoms. The van der Waals surface area contributed by atoms with Gasteiger partial charge in [0.2, 0.25) is 0 Å². The summed E-state index contributed by atoms with van der Waals surface area (Å²) in [6.45, 7) is 5.05. The zero-order valence-electron chi connectivity index (χ0n) is 9.71. The summed E-state index contributed by atoms with van der Waals surface area (Å²) in [4.78, 5) is 2.05. The van der Waals surface area contributed by atoms with E-state index in [9.17, 15) is 4.39 Å². The Labute approximate surface area is 96.0 Å². The Morgan fingerprint density at radius 1 is 1.31 bits per heavy atom. The Bertz CT molecular complexity index is 348. The first kappa shape index (κ1) is 11.4. The molecule has 1 saturated heterocycles. The van der Waals surface area contributed by atoms with E-state index in [-0.39, 0.29) is 5.82 Å². The molecule has 1 aliphatic heterocycles. The molecule has 88 valence electrons. The normalized spacial score (nSPS) is 16.5. The zero-order valence-corrected chi connectivity index (χ0v) is 9.71. The number of aryl methyl sites for hydroxylation is 1. The Morgan fingerprint density at radius 2 is 2.06 bits per heavy atom. The Balaban J connectivity index is 2.14. The third-order valence-electron chi connectivity index (χ3n) is 2.90. The monoisotopic (exact) mass is 223 g/mol. The van der Waals surface area contributed by atoms with Gasteiger partial charge >= 0.3 is 0 Å². The SMILES string of the molecule is CCCc1ccc(N2CCOCC2)c(F)c1. The third kappa shape index (κ3) is 2.53. The topological polar surface area (TPSA) is 12.5 Å². The molecule has 2 rings (SSSR count). The Morgan fingerprint density at radius 3 is 2.69 bits per heavy atom. The standard InChI is InChI=1S/C13H18FNO/c1-2-3-11-4-5-13(12(14)10-11)15-6-8-16-9-7-15/h4-5,10H,2-3,6-9H2,1H3. The fourth-order valence-electron chi connectivity index (χ4n) is 2.06. The molecule has 0 spiro atoms. The van der Waals surface area contributed by atoms with Gasteiger partial charge in [0.05, 0.1) is 18.9 Å². The second-order valence-electron chi connectivity index (χ2n) is 4.14. The van der Waals surface area contributed by atoms with Gasteiger partial charge in [-0.2, -0.15) is 0 Å². The van der Waals surface area contributed by atoms with Gasteiger partial charge in [-0.3, -0.25) is 0 Å². The van der Waals surface area contributed by atoms with Gasteiger partial charge in [-0.1, -0.05) is 19.4 Å². The molecule has 1 fully saturated rings. The van der Waals surface area contributed by atoms with Crippen LogP contribution in [0.5, 0.6) is 0 Å². The van der Waals surface area contributed by atoms with Crippen molar-refractivity contribution in [1.29, 1.82) is 0 Å². The van der Waals surface area contributed by atoms with E-state index in [1.54, 1.807) is 6.07 Å². The number of nitrogens with zero attached hydrogens (tertiary/aromatic N) is 1. The van der Waals surface area contributed by atoms with E-state index in [4.69, 9.17) is 4.74 Å². The van der Waals surface area contributed by atoms with Crippen molar-refractivity contribution in [3.63, 3.8) is 0 Å². The van der Waals surface area contributed by atoms with Crippen LogP contribution in [0.1, 0.15) is 18.9 Å². The molecular weight excluding hydrogens is 205 g/mol. The lowest BCUT2D eigenvalue weighted by atomic mass is 10.1. The Hall–Kier alpha value is -1.09. The highest BCUT2D eigenvalue weighted by atomic mass is 19.1. The molecule has 0 aromatic heterocycles. The summed E-state index contributed by atoms with van der Waals surface area (Å²) >= 11 is 0. The average molecular weight is 223 g/mol. The maximum Gasteiger partial charge on any atom is 0.146 e. The largest absolute Gasteiger partial charge is 0.378 e. The summed E-state index contributed by atoms with van der Waals surface area (Å²) in [5.74, 6) is -0.104. The highest BCUT2D eigenvalue weighted by molar-refractivity contribution is 5.49. The number of halogens is 1. The van der Waals surface area contributed by atoms with Gasteiger partial charge in [0.1, 0.15) is 5.82 Å². The summed E-state index contributed by atoms with van der Waals surface area (Å²) in [6.07, 6.45) is 2.00. The number of rotatable bonds is 3. The van der Waals surface area contributed by atoms with E-state index in [2.05, 4.69) is 11.8 Å². The van der Waals surface area contributed by atoms with Crippen LogP contribution in [0.25, 0.3) is 0 Å². The third-order valence-corrected chi connectivity index (χ3v) is 2.90. The van der Waals surface area contributed by atoms with Gasteiger partial charge in [-0.25, -0.2) is 4.39 Å². The molecule has 0 bridgehead atoms. The van der Waals surface area contributed by atoms with Crippen molar-refractivity contribution >= 4 is 5.69 Å². The maximum atomic E-state index is 13.9. The molecule has 0 aliphatic carbocycles. The van der Waals surface area contributed by atoms with E-state index in [0.717, 1.165) is 31.5 Å². The van der Waals surface area contributed by atoms with Crippen molar-refractivity contribution in [2.75, 3.05) is 31.2 Å². The van der Waals surface area contributed by atoms with Crippen LogP contribution in [0, 0.1) is 5.82 Å². The number of anilines is 1. The molecule has 0 radical (unpaired) electrons. The second kappa shape index (κ2) is 5.30. The molecule has 0 N–H and O–H groups in total. The lowest BCUT2D eigenvalue weighted by Crippen LogP contribution is -2.36. The first-order chi connectivity index (χ1) is 7.81. The smallest absolute Gasteiger partial charge is 0.146 e. The molecule has 0 unspecified atom stereocenters. The van der Waals surface area contributed by atoms with E-state index in [0.29, 0.717) is 18.9 Å². The van der Waals surface area contributed by atoms with Gasteiger partial charge in [0.25, 0.3) is 0 Å². The van der Waals surface area contributed by atoms with Crippen molar-refractivity contribution in [3.8, 4) is 0 Å². The summed E-state index contributed by atoms with van der Waals surface area (Å²) in [6, 6.07) is 5.58. The minimum absolute atomic E-state index is 0.104. The van der Waals surface area contributed by atoms with Crippen LogP contribution >= 0.6 is 0 Å². The summed E-state index contributed by atoms with van der Waals surface area (Å²) in [5, 5.41) is 0. The zero-order chi connectivity index (χ0) is 11.4. The van der Waals surface area contributed by atoms with Crippen LogP contribution in [0.15, 0.2) is 18.2 Å². The fraction of sp³-hybridized carbons (Fsp3) is 0.538. The van der Waals surface area contributed by atoms with Crippen LogP contribution in [-0.2, 0) is 11.2 Å². The van der Waals surface area contributed by atoms with E-state index < -0.39 is 0 Å². The van der Waals surface area contributed by atoms with Crippen LogP contribution in [-0.4, -0.2) is 26.3 Å². The molecule has 1 aromatic carbocycles. The predicted octanol–water partition coefficient (Wildman–Crippen LogP) is 2.61. The van der Waals surface area contributed by atoms with Gasteiger partial charge < -0.3 is 9.64 Å². The minimum Gasteiger partial charge on any atom is -0.378 e. The van der Waals surface area contributed by atoms with E-state index >= 15 is 0 Å². The molecule has 1 heterocycles. The molecule has 2 nitrogen and oxygen atoms in total. The van der Waals surface area contributed by atoms with Gasteiger partial charge in [-0.15, -0.1) is 0 Å². The van der Waals surface area contributed by atoms with Gasteiger partial charge in [0.15, 0.2) is 0 Å². The fourth-order valence-corrected chi connectivity index (χ4v) is 2.06. The van der Waals surface area contributed by atoms with Crippen molar-refractivity contribution < 1.29 is 9.13 Å². The van der Waals surface area contributed by atoms with Crippen LogP contribution in [0.2, 0.25) is 0 Å². The number of benzene rings is 1. The van der Waals surface area contributed by atoms with Crippen molar-refractivity contribution in [2.45, 2.75) is 19.8 Å². The lowest BCUT2D eigenvalue weighted by Gasteiger charge is -2.29. The van der Waals surface area contributed by atoms with Crippen LogP contribution < -0.4 is 4.90 Å². The molecule has 1 aliphatic rings.